The van der Waals surface area contributed by atoms with Crippen LogP contribution in [0.15, 0.2) is 0 Å². The third-order valence-electron chi connectivity index (χ3n) is 0. The molecule has 1 radical (unpaired) electrons. The molecule has 0 heterocycles. The second-order valence-electron chi connectivity index (χ2n) is 0.448. The van der Waals surface area contributed by atoms with Gasteiger partial charge in [0.1, 0.15) is 0 Å². The first-order valence-electron chi connectivity index (χ1n) is 0.698. The maximum atomic E-state index is 8.74. The predicted molar refractivity (Wildman–Crippen MR) is 20.0 cm³/mol. The third-order valence-corrected chi connectivity index (χ3v) is 0. The molecule has 0 aromatic rings. The van der Waals surface area contributed by atoms with Crippen LogP contribution >= 0.6 is 0 Å². The third kappa shape index (κ3) is 82.0. The summed E-state index contributed by atoms with van der Waals surface area (Å²) in [4.78, 5) is 0. The van der Waals surface area contributed by atoms with E-state index in [1.165, 1.54) is 0 Å². The van der Waals surface area contributed by atoms with Crippen molar-refractivity contribution < 1.29 is 146 Å². The quantitative estimate of drug-likeness (QED) is 0.329. The number of rotatable bonds is 0. The molecule has 0 amide bonds. The Bertz CT molecular complexity index is 106. The Morgan fingerprint density at radius 2 is 1.11 bits per heavy atom. The first kappa shape index (κ1) is 29.3. The molecule has 51 valence electrons. The Morgan fingerprint density at radius 3 is 1.11 bits per heavy atom. The van der Waals surface area contributed by atoms with Gasteiger partial charge in [-0.15, -0.1) is 0 Å². The summed E-state index contributed by atoms with van der Waals surface area (Å²) in [5.41, 5.74) is 0. The molecule has 4 N–H and O–H groups in total. The monoisotopic (exact) mass is 251 g/mol. The van der Waals surface area contributed by atoms with E-state index in [1.807, 2.05) is 0 Å². The molecule has 0 aromatic carbocycles. The van der Waals surface area contributed by atoms with E-state index in [0.717, 1.165) is 0 Å². The summed E-state index contributed by atoms with van der Waals surface area (Å²) in [5.74, 6) is 0. The van der Waals surface area contributed by atoms with Crippen molar-refractivity contribution in [2.24, 2.45) is 0 Å². The topological polar surface area (TPSA) is 106 Å². The minimum atomic E-state index is -4.67. The van der Waals surface area contributed by atoms with Gasteiger partial charge in [-0.3, -0.25) is 9.11 Å². The maximum Gasteiger partial charge on any atom is 1.00 e. The summed E-state index contributed by atoms with van der Waals surface area (Å²) in [7, 11) is -4.67. The molecule has 0 rings (SSSR count). The molecule has 0 atom stereocenters. The summed E-state index contributed by atoms with van der Waals surface area (Å²) in [6, 6.07) is 0. The van der Waals surface area contributed by atoms with E-state index in [2.05, 4.69) is 0 Å². The fourth-order valence-corrected chi connectivity index (χ4v) is 0. The Kier molecular flexibility index (Phi) is 46.2. The largest absolute Gasteiger partial charge is 1.00 e. The van der Waals surface area contributed by atoms with Gasteiger partial charge in [0.15, 0.2) is 0 Å². The van der Waals surface area contributed by atoms with Crippen molar-refractivity contribution in [1.82, 2.24) is 0 Å². The van der Waals surface area contributed by atoms with Crippen molar-refractivity contribution >= 4 is 10.4 Å². The van der Waals surface area contributed by atoms with Crippen LogP contribution in [-0.2, 0) is 27.5 Å². The average Bonchev–Trinajstić information content (AvgIpc) is 0.722. The van der Waals surface area contributed by atoms with E-state index in [4.69, 9.17) is 17.5 Å². The molecule has 0 aliphatic rings. The van der Waals surface area contributed by atoms with Crippen LogP contribution in [0.5, 0.6) is 0 Å². The van der Waals surface area contributed by atoms with Gasteiger partial charge >= 0.3 is 113 Å². The molecule has 0 aliphatic carbocycles. The van der Waals surface area contributed by atoms with E-state index >= 15 is 0 Å². The first-order valence-corrected chi connectivity index (χ1v) is 2.10. The van der Waals surface area contributed by atoms with Crippen LogP contribution in [0.2, 0.25) is 0 Å². The molecule has 0 bridgehead atoms. The standard InChI is InChI=1S/2K.Mn.H2O4S.H2O.2H/c;;;1-5(2,3)4;;;/h;;;(H2,1,2,3,4);1H2;;/q2*+1;;;;2*-1. The SMILES string of the molecule is O.O=S(=O)(O)O.[H-].[H-].[K+].[K+].[Mn]. The van der Waals surface area contributed by atoms with Crippen LogP contribution in [0.4, 0.5) is 0 Å². The Hall–Kier alpha value is 3.62. The Labute approximate surface area is 152 Å². The fraction of sp³-hybridized carbons (Fsp3) is 0. The van der Waals surface area contributed by atoms with Gasteiger partial charge in [-0.25, -0.2) is 0 Å². The van der Waals surface area contributed by atoms with Gasteiger partial charge in [-0.2, -0.15) is 8.42 Å². The van der Waals surface area contributed by atoms with E-state index in [-0.39, 0.29) is 128 Å². The summed E-state index contributed by atoms with van der Waals surface area (Å²) in [6.45, 7) is 0. The Balaban J connectivity index is -0.00000000533. The van der Waals surface area contributed by atoms with Gasteiger partial charge in [0.25, 0.3) is 0 Å². The molecule has 9 heteroatoms. The summed E-state index contributed by atoms with van der Waals surface area (Å²) in [6.07, 6.45) is 0. The van der Waals surface area contributed by atoms with Crippen molar-refractivity contribution in [1.29, 1.82) is 0 Å². The van der Waals surface area contributed by atoms with Crippen molar-refractivity contribution in [2.75, 3.05) is 0 Å². The summed E-state index contributed by atoms with van der Waals surface area (Å²) >= 11 is 0. The molecule has 0 spiro atoms. The molecular formula is H6K2MnO5S. The van der Waals surface area contributed by atoms with E-state index in [0.29, 0.717) is 0 Å². The smallest absolute Gasteiger partial charge is 1.00 e. The van der Waals surface area contributed by atoms with Crippen LogP contribution < -0.4 is 103 Å². The van der Waals surface area contributed by atoms with Crippen molar-refractivity contribution in [3.8, 4) is 0 Å². The zero-order valence-corrected chi connectivity index (χ0v) is 13.2. The maximum absolute atomic E-state index is 8.74. The molecular weight excluding hydrogens is 245 g/mol. The molecule has 5 nitrogen and oxygen atoms in total. The molecule has 0 aliphatic heterocycles. The van der Waals surface area contributed by atoms with E-state index in [9.17, 15) is 0 Å². The molecule has 9 heavy (non-hydrogen) atoms. The normalized spacial score (nSPS) is 6.44. The van der Waals surface area contributed by atoms with Crippen LogP contribution in [0.3, 0.4) is 0 Å². The zero-order chi connectivity index (χ0) is 4.50. The van der Waals surface area contributed by atoms with Crippen LogP contribution in [-0.4, -0.2) is 23.0 Å². The van der Waals surface area contributed by atoms with Crippen LogP contribution in [0, 0.1) is 0 Å². The van der Waals surface area contributed by atoms with Crippen molar-refractivity contribution in [3.63, 3.8) is 0 Å². The minimum absolute atomic E-state index is 0. The number of hydrogen-bond acceptors (Lipinski definition) is 2. The van der Waals surface area contributed by atoms with Crippen molar-refractivity contribution in [3.05, 3.63) is 0 Å². The minimum Gasteiger partial charge on any atom is -1.00 e. The molecule has 0 saturated heterocycles. The molecule has 0 aromatic heterocycles. The van der Waals surface area contributed by atoms with Gasteiger partial charge in [0.05, 0.1) is 0 Å². The van der Waals surface area contributed by atoms with Gasteiger partial charge in [0, 0.05) is 17.1 Å². The van der Waals surface area contributed by atoms with Crippen LogP contribution in [0.1, 0.15) is 2.85 Å². The summed E-state index contributed by atoms with van der Waals surface area (Å²) < 4.78 is 31.6. The molecule has 0 saturated carbocycles. The Morgan fingerprint density at radius 1 is 1.11 bits per heavy atom. The summed E-state index contributed by atoms with van der Waals surface area (Å²) in [5, 5.41) is 0. The van der Waals surface area contributed by atoms with E-state index < -0.39 is 10.4 Å². The van der Waals surface area contributed by atoms with Gasteiger partial charge < -0.3 is 8.33 Å². The zero-order valence-electron chi connectivity index (χ0n) is 7.00. The van der Waals surface area contributed by atoms with Gasteiger partial charge in [-0.1, -0.05) is 0 Å². The average molecular weight is 251 g/mol. The second kappa shape index (κ2) is 14.2. The fourth-order valence-electron chi connectivity index (χ4n) is 0. The van der Waals surface area contributed by atoms with Crippen molar-refractivity contribution in [2.45, 2.75) is 0 Å². The van der Waals surface area contributed by atoms with Crippen LogP contribution in [0.25, 0.3) is 0 Å². The number of hydrogen-bond donors (Lipinski definition) is 2. The van der Waals surface area contributed by atoms with Gasteiger partial charge in [0.2, 0.25) is 0 Å². The second-order valence-corrected chi connectivity index (χ2v) is 1.34. The van der Waals surface area contributed by atoms with Gasteiger partial charge in [-0.05, 0) is 0 Å². The predicted octanol–water partition coefficient (Wildman–Crippen LogP) is -7.25. The van der Waals surface area contributed by atoms with E-state index in [1.54, 1.807) is 0 Å². The molecule has 0 fully saturated rings. The molecule has 0 unspecified atom stereocenters. The first-order chi connectivity index (χ1) is 2.00.